The second kappa shape index (κ2) is 15.4. The van der Waals surface area contributed by atoms with Crippen LogP contribution in [0.2, 0.25) is 0 Å². The number of hydrogen-bond acceptors (Lipinski definition) is 4. The van der Waals surface area contributed by atoms with Gasteiger partial charge in [-0.15, -0.1) is 0 Å². The number of allylic oxidation sites excluding steroid dienone is 3. The Kier molecular flexibility index (Phi) is 14.5. The van der Waals surface area contributed by atoms with Crippen molar-refractivity contribution in [3.63, 3.8) is 0 Å². The number of nitrogens with zero attached hydrogens (tertiary/aromatic N) is 1. The van der Waals surface area contributed by atoms with Crippen LogP contribution in [0.4, 0.5) is 0 Å². The summed E-state index contributed by atoms with van der Waals surface area (Å²) in [7, 11) is 5.78. The van der Waals surface area contributed by atoms with E-state index in [1.807, 2.05) is 33.3 Å². The SMILES string of the molecule is C[N+](C)(C)CC(CC(=O)O)OC(=O)C=CC=CCCCCCCCCCO. The highest BCUT2D eigenvalue weighted by Crippen LogP contribution is 2.09. The molecule has 0 radical (unpaired) electrons. The van der Waals surface area contributed by atoms with E-state index in [9.17, 15) is 9.59 Å². The fourth-order valence-corrected chi connectivity index (χ4v) is 2.72. The zero-order valence-electron chi connectivity index (χ0n) is 17.2. The lowest BCUT2D eigenvalue weighted by molar-refractivity contribution is -0.873. The summed E-state index contributed by atoms with van der Waals surface area (Å²) >= 11 is 0. The van der Waals surface area contributed by atoms with Crippen molar-refractivity contribution in [2.45, 2.75) is 63.9 Å². The minimum atomic E-state index is -0.974. The lowest BCUT2D eigenvalue weighted by Crippen LogP contribution is -2.43. The average molecular weight is 385 g/mol. The smallest absolute Gasteiger partial charge is 0.331 e. The first-order chi connectivity index (χ1) is 12.7. The van der Waals surface area contributed by atoms with Gasteiger partial charge in [-0.3, -0.25) is 4.79 Å². The highest BCUT2D eigenvalue weighted by atomic mass is 16.5. The van der Waals surface area contributed by atoms with E-state index in [2.05, 4.69) is 0 Å². The Morgan fingerprint density at radius 1 is 0.963 bits per heavy atom. The molecule has 0 aliphatic rings. The molecule has 2 N–H and O–H groups in total. The molecule has 0 amide bonds. The lowest BCUT2D eigenvalue weighted by Gasteiger charge is -2.28. The number of quaternary nitrogens is 1. The normalized spacial score (nSPS) is 13.3. The van der Waals surface area contributed by atoms with Gasteiger partial charge in [-0.1, -0.05) is 50.3 Å². The van der Waals surface area contributed by atoms with Crippen LogP contribution in [-0.2, 0) is 14.3 Å². The van der Waals surface area contributed by atoms with Crippen LogP contribution in [0.3, 0.4) is 0 Å². The van der Waals surface area contributed by atoms with Crippen LogP contribution in [0.15, 0.2) is 24.3 Å². The van der Waals surface area contributed by atoms with Gasteiger partial charge < -0.3 is 19.4 Å². The molecule has 6 nitrogen and oxygen atoms in total. The fraction of sp³-hybridized carbons (Fsp3) is 0.714. The van der Waals surface area contributed by atoms with Crippen LogP contribution in [0.5, 0.6) is 0 Å². The number of carbonyl (C=O) groups excluding carboxylic acids is 1. The summed E-state index contributed by atoms with van der Waals surface area (Å²) < 4.78 is 5.79. The first-order valence-corrected chi connectivity index (χ1v) is 9.91. The first-order valence-electron chi connectivity index (χ1n) is 9.91. The molecule has 0 aliphatic heterocycles. The summed E-state index contributed by atoms with van der Waals surface area (Å²) in [5, 5.41) is 17.6. The Labute approximate surface area is 164 Å². The second-order valence-electron chi connectivity index (χ2n) is 7.90. The minimum Gasteiger partial charge on any atom is -0.481 e. The van der Waals surface area contributed by atoms with Crippen molar-refractivity contribution in [2.24, 2.45) is 0 Å². The number of ether oxygens (including phenoxy) is 1. The van der Waals surface area contributed by atoms with Gasteiger partial charge in [0.1, 0.15) is 6.54 Å². The first kappa shape index (κ1) is 25.3. The van der Waals surface area contributed by atoms with E-state index in [-0.39, 0.29) is 6.42 Å². The number of likely N-dealkylation sites (N-methyl/N-ethyl adjacent to an activating group) is 1. The minimum absolute atomic E-state index is 0.190. The summed E-state index contributed by atoms with van der Waals surface area (Å²) in [6.07, 6.45) is 14.9. The van der Waals surface area contributed by atoms with Gasteiger partial charge in [-0.2, -0.15) is 0 Å². The van der Waals surface area contributed by atoms with Gasteiger partial charge >= 0.3 is 11.9 Å². The monoisotopic (exact) mass is 384 g/mol. The zero-order chi connectivity index (χ0) is 20.5. The molecule has 27 heavy (non-hydrogen) atoms. The quantitative estimate of drug-likeness (QED) is 0.140. The van der Waals surface area contributed by atoms with Gasteiger partial charge in [0.2, 0.25) is 0 Å². The lowest BCUT2D eigenvalue weighted by atomic mass is 10.1. The zero-order valence-corrected chi connectivity index (χ0v) is 17.2. The highest BCUT2D eigenvalue weighted by Gasteiger charge is 2.23. The number of aliphatic hydroxyl groups excluding tert-OH is 1. The van der Waals surface area contributed by atoms with Gasteiger partial charge in [0.15, 0.2) is 6.10 Å². The van der Waals surface area contributed by atoms with Gasteiger partial charge in [0, 0.05) is 12.7 Å². The third-order valence-electron chi connectivity index (χ3n) is 3.94. The summed E-state index contributed by atoms with van der Waals surface area (Å²) in [4.78, 5) is 22.8. The number of carboxylic acids is 1. The Bertz CT molecular complexity index is 466. The van der Waals surface area contributed by atoms with Crippen LogP contribution in [-0.4, -0.2) is 67.0 Å². The second-order valence-corrected chi connectivity index (χ2v) is 7.90. The molecule has 0 aromatic carbocycles. The van der Waals surface area contributed by atoms with E-state index in [0.29, 0.717) is 17.6 Å². The van der Waals surface area contributed by atoms with Crippen molar-refractivity contribution in [3.8, 4) is 0 Å². The van der Waals surface area contributed by atoms with Crippen LogP contribution < -0.4 is 0 Å². The fourth-order valence-electron chi connectivity index (χ4n) is 2.72. The molecule has 0 saturated carbocycles. The van der Waals surface area contributed by atoms with E-state index in [0.717, 1.165) is 25.7 Å². The maximum absolute atomic E-state index is 11.8. The third-order valence-corrected chi connectivity index (χ3v) is 3.94. The third kappa shape index (κ3) is 18.9. The van der Waals surface area contributed by atoms with Crippen molar-refractivity contribution in [1.82, 2.24) is 0 Å². The molecular weight excluding hydrogens is 346 g/mol. The van der Waals surface area contributed by atoms with Crippen LogP contribution in [0.1, 0.15) is 57.8 Å². The molecular formula is C21H38NO5+. The molecule has 0 fully saturated rings. The van der Waals surface area contributed by atoms with Crippen molar-refractivity contribution in [3.05, 3.63) is 24.3 Å². The van der Waals surface area contributed by atoms with Gasteiger partial charge in [0.25, 0.3) is 0 Å². The molecule has 0 saturated heterocycles. The number of aliphatic hydroxyl groups is 1. The average Bonchev–Trinajstić information content (AvgIpc) is 2.53. The van der Waals surface area contributed by atoms with Gasteiger partial charge in [-0.05, 0) is 19.3 Å². The highest BCUT2D eigenvalue weighted by molar-refractivity contribution is 5.82. The number of carboxylic acid groups (broad SMARTS) is 1. The van der Waals surface area contributed by atoms with E-state index in [1.165, 1.54) is 31.8 Å². The molecule has 0 aromatic heterocycles. The Morgan fingerprint density at radius 3 is 2.11 bits per heavy atom. The summed E-state index contributed by atoms with van der Waals surface area (Å²) in [6.45, 7) is 0.740. The molecule has 0 bridgehead atoms. The summed E-state index contributed by atoms with van der Waals surface area (Å²) in [6, 6.07) is 0. The predicted octanol–water partition coefficient (Wildman–Crippen LogP) is 3.30. The van der Waals surface area contributed by atoms with E-state index >= 15 is 0 Å². The standard InChI is InChI=1S/C21H37NO5/c1-22(2,3)18-19(17-20(24)25)27-21(26)15-13-11-9-7-5-4-6-8-10-12-14-16-23/h9,11,13,15,19,23H,4-8,10,12,14,16-18H2,1-3H3/p+1. The molecule has 0 spiro atoms. The number of unbranched alkanes of at least 4 members (excludes halogenated alkanes) is 7. The Morgan fingerprint density at radius 2 is 1.56 bits per heavy atom. The molecule has 0 aliphatic carbocycles. The number of hydrogen-bond donors (Lipinski definition) is 2. The summed E-state index contributed by atoms with van der Waals surface area (Å²) in [5.41, 5.74) is 0. The topological polar surface area (TPSA) is 83.8 Å². The van der Waals surface area contributed by atoms with Crippen molar-refractivity contribution in [1.29, 1.82) is 0 Å². The Balaban J connectivity index is 3.96. The molecule has 0 heterocycles. The maximum atomic E-state index is 11.8. The van der Waals surface area contributed by atoms with Gasteiger partial charge in [0.05, 0.1) is 27.6 Å². The van der Waals surface area contributed by atoms with E-state index in [4.69, 9.17) is 14.9 Å². The molecule has 1 atom stereocenters. The van der Waals surface area contributed by atoms with Crippen LogP contribution in [0, 0.1) is 0 Å². The molecule has 156 valence electrons. The maximum Gasteiger partial charge on any atom is 0.331 e. The van der Waals surface area contributed by atoms with Crippen molar-refractivity contribution < 1.29 is 29.0 Å². The van der Waals surface area contributed by atoms with E-state index < -0.39 is 18.0 Å². The summed E-state index contributed by atoms with van der Waals surface area (Å²) in [5.74, 6) is -1.49. The van der Waals surface area contributed by atoms with Crippen LogP contribution >= 0.6 is 0 Å². The Hall–Kier alpha value is -1.66. The van der Waals surface area contributed by atoms with Gasteiger partial charge in [-0.25, -0.2) is 4.79 Å². The molecule has 1 unspecified atom stereocenters. The number of aliphatic carboxylic acids is 1. The molecule has 6 heteroatoms. The molecule has 0 rings (SSSR count). The number of carbonyl (C=O) groups is 2. The number of esters is 1. The number of rotatable bonds is 16. The van der Waals surface area contributed by atoms with Crippen molar-refractivity contribution >= 4 is 11.9 Å². The van der Waals surface area contributed by atoms with E-state index in [1.54, 1.807) is 6.08 Å². The van der Waals surface area contributed by atoms with Crippen LogP contribution in [0.25, 0.3) is 0 Å². The largest absolute Gasteiger partial charge is 0.481 e. The molecule has 0 aromatic rings. The predicted molar refractivity (Wildman–Crippen MR) is 107 cm³/mol. The van der Waals surface area contributed by atoms with Crippen molar-refractivity contribution in [2.75, 3.05) is 34.3 Å².